The maximum absolute atomic E-state index is 12.0. The number of carbonyl (C=O) groups excluding carboxylic acids is 2. The third-order valence-corrected chi connectivity index (χ3v) is 4.61. The molecular weight excluding hydrogens is 524 g/mol. The average Bonchev–Trinajstić information content (AvgIpc) is 2.83. The fourth-order valence-electron chi connectivity index (χ4n) is 3.12. The van der Waals surface area contributed by atoms with E-state index < -0.39 is 75.2 Å². The summed E-state index contributed by atoms with van der Waals surface area (Å²) in [5.74, 6) is -6.47. The number of aliphatic carboxylic acids is 4. The molecule has 0 bridgehead atoms. The van der Waals surface area contributed by atoms with Crippen LogP contribution in [0.25, 0.3) is 0 Å². The summed E-state index contributed by atoms with van der Waals surface area (Å²) < 4.78 is 15.1. The topological polar surface area (TPSA) is 218 Å². The van der Waals surface area contributed by atoms with Crippen molar-refractivity contribution in [3.05, 3.63) is 48.5 Å². The van der Waals surface area contributed by atoms with Crippen LogP contribution >= 0.6 is 0 Å². The van der Waals surface area contributed by atoms with Crippen LogP contribution in [0.15, 0.2) is 48.5 Å². The van der Waals surface area contributed by atoms with Gasteiger partial charge in [-0.3, -0.25) is 19.2 Å². The van der Waals surface area contributed by atoms with Gasteiger partial charge in [0.15, 0.2) is 0 Å². The van der Waals surface area contributed by atoms with Crippen LogP contribution < -0.4 is 19.3 Å². The number of carboxylic acids is 4. The van der Waals surface area contributed by atoms with Gasteiger partial charge in [-0.25, -0.2) is 9.59 Å². The van der Waals surface area contributed by atoms with E-state index in [2.05, 4.69) is 0 Å². The molecular formula is C24H24N2O13. The highest BCUT2D eigenvalue weighted by Crippen LogP contribution is 2.21. The van der Waals surface area contributed by atoms with E-state index in [1.54, 1.807) is 0 Å². The molecule has 2 aromatic carbocycles. The normalized spacial score (nSPS) is 10.3. The fraction of sp³-hybridized carbons (Fsp3) is 0.250. The molecule has 2 aromatic rings. The highest BCUT2D eigenvalue weighted by Gasteiger charge is 2.16. The fourth-order valence-corrected chi connectivity index (χ4v) is 3.12. The van der Waals surface area contributed by atoms with Crippen molar-refractivity contribution < 1.29 is 63.4 Å². The number of esters is 2. The van der Waals surface area contributed by atoms with Crippen LogP contribution in [-0.4, -0.2) is 95.6 Å². The minimum Gasteiger partial charge on any atom is -0.480 e. The Morgan fingerprint density at radius 2 is 0.795 bits per heavy atom. The molecule has 0 atom stereocenters. The summed E-state index contributed by atoms with van der Waals surface area (Å²) in [7, 11) is 0. The SMILES string of the molecule is O=C(O)CN(CC(=O)O)c1ccc(OC(=O)COCC(=O)Oc2ccc(N(CC(=O)O)CC(=O)O)cc2)cc1. The second-order valence-corrected chi connectivity index (χ2v) is 7.72. The van der Waals surface area contributed by atoms with Gasteiger partial charge >= 0.3 is 35.8 Å². The molecule has 15 heteroatoms. The summed E-state index contributed by atoms with van der Waals surface area (Å²) in [6.07, 6.45) is 0. The van der Waals surface area contributed by atoms with Gasteiger partial charge in [0.1, 0.15) is 50.9 Å². The standard InChI is InChI=1S/C24H24N2O13/c27-19(28)9-25(10-20(29)30)15-1-5-17(6-2-15)38-23(35)13-37-14-24(36)39-18-7-3-16(4-8-18)26(11-21(31)32)12-22(33)34/h1-8H,9-14H2,(H,27,28)(H,29,30)(H,31,32)(H,33,34). The van der Waals surface area contributed by atoms with Crippen molar-refractivity contribution in [1.29, 1.82) is 0 Å². The molecule has 0 aromatic heterocycles. The zero-order valence-electron chi connectivity index (χ0n) is 20.2. The number of benzene rings is 2. The smallest absolute Gasteiger partial charge is 0.337 e. The van der Waals surface area contributed by atoms with E-state index in [0.29, 0.717) is 0 Å². The van der Waals surface area contributed by atoms with Gasteiger partial charge in [-0.2, -0.15) is 0 Å². The molecule has 0 unspecified atom stereocenters. The van der Waals surface area contributed by atoms with Crippen molar-refractivity contribution in [3.63, 3.8) is 0 Å². The molecule has 0 aliphatic rings. The maximum atomic E-state index is 12.0. The lowest BCUT2D eigenvalue weighted by Gasteiger charge is -2.20. The van der Waals surface area contributed by atoms with Crippen molar-refractivity contribution >= 4 is 47.2 Å². The van der Waals surface area contributed by atoms with Crippen LogP contribution in [0.5, 0.6) is 11.5 Å². The second kappa shape index (κ2) is 14.5. The molecule has 0 spiro atoms. The van der Waals surface area contributed by atoms with Gasteiger partial charge in [-0.1, -0.05) is 0 Å². The molecule has 4 N–H and O–H groups in total. The van der Waals surface area contributed by atoms with Crippen LogP contribution in [-0.2, 0) is 33.5 Å². The minimum atomic E-state index is -1.22. The van der Waals surface area contributed by atoms with Crippen LogP contribution in [0.3, 0.4) is 0 Å². The monoisotopic (exact) mass is 548 g/mol. The molecule has 0 amide bonds. The number of nitrogens with zero attached hydrogens (tertiary/aromatic N) is 2. The third kappa shape index (κ3) is 11.2. The van der Waals surface area contributed by atoms with Crippen molar-refractivity contribution in [2.75, 3.05) is 49.2 Å². The van der Waals surface area contributed by atoms with Crippen LogP contribution in [0.1, 0.15) is 0 Å². The van der Waals surface area contributed by atoms with Crippen LogP contribution in [0, 0.1) is 0 Å². The summed E-state index contributed by atoms with van der Waals surface area (Å²) in [6.45, 7) is -3.42. The number of rotatable bonds is 16. The Morgan fingerprint density at radius 3 is 1.05 bits per heavy atom. The van der Waals surface area contributed by atoms with Crippen molar-refractivity contribution in [2.24, 2.45) is 0 Å². The van der Waals surface area contributed by atoms with Crippen LogP contribution in [0.2, 0.25) is 0 Å². The first-order valence-electron chi connectivity index (χ1n) is 11.0. The van der Waals surface area contributed by atoms with Gasteiger partial charge in [-0.15, -0.1) is 0 Å². The van der Waals surface area contributed by atoms with Crippen molar-refractivity contribution in [3.8, 4) is 11.5 Å². The Balaban J connectivity index is 1.82. The van der Waals surface area contributed by atoms with Crippen LogP contribution in [0.4, 0.5) is 11.4 Å². The number of hydrogen-bond acceptors (Lipinski definition) is 11. The maximum Gasteiger partial charge on any atom is 0.337 e. The molecule has 0 fully saturated rings. The van der Waals surface area contributed by atoms with E-state index in [1.165, 1.54) is 48.5 Å². The lowest BCUT2D eigenvalue weighted by atomic mass is 10.2. The Hall–Kier alpha value is -5.18. The zero-order chi connectivity index (χ0) is 28.9. The van der Waals surface area contributed by atoms with E-state index in [0.717, 1.165) is 9.80 Å². The van der Waals surface area contributed by atoms with Gasteiger partial charge in [0.05, 0.1) is 0 Å². The summed E-state index contributed by atoms with van der Waals surface area (Å²) in [5.41, 5.74) is 0.561. The number of carboxylic acid groups (broad SMARTS) is 4. The Labute approximate surface area is 220 Å². The Morgan fingerprint density at radius 1 is 0.513 bits per heavy atom. The lowest BCUT2D eigenvalue weighted by molar-refractivity contribution is -0.146. The van der Waals surface area contributed by atoms with Gasteiger partial charge in [0.2, 0.25) is 0 Å². The van der Waals surface area contributed by atoms with Gasteiger partial charge < -0.3 is 44.4 Å². The van der Waals surface area contributed by atoms with Crippen molar-refractivity contribution in [2.45, 2.75) is 0 Å². The first-order valence-corrected chi connectivity index (χ1v) is 11.0. The third-order valence-electron chi connectivity index (χ3n) is 4.61. The highest BCUT2D eigenvalue weighted by atomic mass is 16.6. The predicted octanol–water partition coefficient (Wildman–Crippen LogP) is 0.165. The number of carbonyl (C=O) groups is 6. The lowest BCUT2D eigenvalue weighted by Crippen LogP contribution is -2.34. The Bertz CT molecular complexity index is 1070. The van der Waals surface area contributed by atoms with Gasteiger partial charge in [-0.05, 0) is 48.5 Å². The van der Waals surface area contributed by atoms with E-state index in [-0.39, 0.29) is 22.9 Å². The second-order valence-electron chi connectivity index (χ2n) is 7.72. The average molecular weight is 548 g/mol. The molecule has 39 heavy (non-hydrogen) atoms. The summed E-state index contributed by atoms with van der Waals surface area (Å²) in [5, 5.41) is 35.7. The van der Waals surface area contributed by atoms with E-state index >= 15 is 0 Å². The number of hydrogen-bond donors (Lipinski definition) is 4. The summed E-state index contributed by atoms with van der Waals surface area (Å²) >= 11 is 0. The number of ether oxygens (including phenoxy) is 3. The van der Waals surface area contributed by atoms with E-state index in [4.69, 9.17) is 34.6 Å². The molecule has 0 saturated carbocycles. The highest BCUT2D eigenvalue weighted by molar-refractivity contribution is 5.81. The first kappa shape index (κ1) is 30.0. The first-order chi connectivity index (χ1) is 18.4. The van der Waals surface area contributed by atoms with Gasteiger partial charge in [0.25, 0.3) is 0 Å². The summed E-state index contributed by atoms with van der Waals surface area (Å²) in [6, 6.07) is 10.8. The zero-order valence-corrected chi connectivity index (χ0v) is 20.2. The predicted molar refractivity (Wildman–Crippen MR) is 130 cm³/mol. The number of anilines is 2. The van der Waals surface area contributed by atoms with E-state index in [1.807, 2.05) is 0 Å². The molecule has 15 nitrogen and oxygen atoms in total. The summed E-state index contributed by atoms with van der Waals surface area (Å²) in [4.78, 5) is 69.9. The molecule has 0 radical (unpaired) electrons. The Kier molecular flexibility index (Phi) is 11.2. The molecule has 2 rings (SSSR count). The molecule has 0 saturated heterocycles. The molecule has 0 aliphatic carbocycles. The molecule has 208 valence electrons. The minimum absolute atomic E-state index is 0.0699. The van der Waals surface area contributed by atoms with Crippen molar-refractivity contribution in [1.82, 2.24) is 0 Å². The molecule has 0 heterocycles. The quantitative estimate of drug-likeness (QED) is 0.162. The molecule has 0 aliphatic heterocycles. The van der Waals surface area contributed by atoms with Gasteiger partial charge in [0, 0.05) is 11.4 Å². The van der Waals surface area contributed by atoms with E-state index in [9.17, 15) is 28.8 Å². The largest absolute Gasteiger partial charge is 0.480 e.